The first-order valence-electron chi connectivity index (χ1n) is 15.2. The zero-order chi connectivity index (χ0) is 36.7. The normalized spacial score (nSPS) is 11.2. The lowest BCUT2D eigenvalue weighted by Crippen LogP contribution is -2.30. The molecule has 19 heteroatoms. The van der Waals surface area contributed by atoms with Crippen LogP contribution in [-0.2, 0) is 25.3 Å². The van der Waals surface area contributed by atoms with Crippen LogP contribution in [0, 0.1) is 13.8 Å². The first-order chi connectivity index (χ1) is 24.3. The molecule has 51 heavy (non-hydrogen) atoms. The van der Waals surface area contributed by atoms with E-state index in [0.29, 0.717) is 35.2 Å². The molecule has 0 spiro atoms. The molecule has 18 nitrogen and oxygen atoms in total. The fraction of sp³-hybridized carbons (Fsp3) is 0.219. The number of carbonyl (C=O) groups is 4. The van der Waals surface area contributed by atoms with Crippen LogP contribution in [-0.4, -0.2) is 66.8 Å². The average Bonchev–Trinajstić information content (AvgIpc) is 3.72. The van der Waals surface area contributed by atoms with Gasteiger partial charge in [0.1, 0.15) is 23.9 Å². The Morgan fingerprint density at radius 2 is 1.78 bits per heavy atom. The van der Waals surface area contributed by atoms with Crippen molar-refractivity contribution in [3.05, 3.63) is 95.1 Å². The Balaban J connectivity index is 1.43. The second-order valence-corrected chi connectivity index (χ2v) is 12.1. The minimum Gasteiger partial charge on any atom is -0.428 e. The minimum absolute atomic E-state index is 0.00291. The lowest BCUT2D eigenvalue weighted by Gasteiger charge is -2.24. The Bertz CT molecular complexity index is 2110. The Labute approximate surface area is 289 Å². The van der Waals surface area contributed by atoms with Crippen LogP contribution in [0.25, 0.3) is 5.52 Å². The molecule has 0 fully saturated rings. The topological polar surface area (TPSA) is 237 Å². The highest BCUT2D eigenvalue weighted by atomic mass is 31.2. The molecular formula is C32H32N7O11P. The number of aryl methyl sites for hydroxylation is 2. The number of hydrogen-bond acceptors (Lipinski definition) is 12. The van der Waals surface area contributed by atoms with Gasteiger partial charge in [0.2, 0.25) is 6.79 Å². The minimum atomic E-state index is -4.75. The number of ether oxygens (including phenoxy) is 2. The van der Waals surface area contributed by atoms with Gasteiger partial charge >= 0.3 is 19.9 Å². The second-order valence-electron chi connectivity index (χ2n) is 10.9. The van der Waals surface area contributed by atoms with Crippen LogP contribution < -0.4 is 20.1 Å². The molecule has 3 amide bonds. The van der Waals surface area contributed by atoms with Crippen molar-refractivity contribution in [2.45, 2.75) is 33.6 Å². The van der Waals surface area contributed by atoms with Gasteiger partial charge < -0.3 is 29.2 Å². The number of carbonyl (C=O) groups excluding carboxylic acids is 4. The van der Waals surface area contributed by atoms with Crippen molar-refractivity contribution >= 4 is 54.5 Å². The van der Waals surface area contributed by atoms with Crippen molar-refractivity contribution in [3.63, 3.8) is 0 Å². The predicted octanol–water partition coefficient (Wildman–Crippen LogP) is 4.22. The third-order valence-electron chi connectivity index (χ3n) is 7.27. The van der Waals surface area contributed by atoms with Crippen molar-refractivity contribution < 1.29 is 52.1 Å². The zero-order valence-corrected chi connectivity index (χ0v) is 28.3. The maximum Gasteiger partial charge on any atom is 0.524 e. The molecule has 0 atom stereocenters. The van der Waals surface area contributed by atoms with E-state index in [0.717, 1.165) is 4.90 Å². The number of benzene rings is 2. The number of rotatable bonds is 13. The Morgan fingerprint density at radius 3 is 2.47 bits per heavy atom. The van der Waals surface area contributed by atoms with Gasteiger partial charge in [-0.2, -0.15) is 5.10 Å². The van der Waals surface area contributed by atoms with E-state index in [4.69, 9.17) is 23.8 Å². The van der Waals surface area contributed by atoms with E-state index in [-0.39, 0.29) is 46.5 Å². The summed E-state index contributed by atoms with van der Waals surface area (Å²) in [6.07, 6.45) is 3.38. The van der Waals surface area contributed by atoms with E-state index in [1.165, 1.54) is 59.7 Å². The van der Waals surface area contributed by atoms with Crippen LogP contribution in [0.3, 0.4) is 0 Å². The molecule has 0 aliphatic rings. The summed E-state index contributed by atoms with van der Waals surface area (Å²) in [6.45, 7) is 4.91. The zero-order valence-electron chi connectivity index (χ0n) is 27.4. The molecule has 2 aromatic carbocycles. The van der Waals surface area contributed by atoms with Crippen molar-refractivity contribution in [1.29, 1.82) is 0 Å². The number of nitrogens with zero attached hydrogens (tertiary/aromatic N) is 5. The third-order valence-corrected chi connectivity index (χ3v) is 7.72. The summed E-state index contributed by atoms with van der Waals surface area (Å²) in [4.78, 5) is 75.9. The SMILES string of the molecule is CCCNC(=O)c1cn2ncnc(N(C(=O)OCOC(=O)Cc3ccc(OP(=O)(O)O)cc3)c3cc(C(=O)Nc4ccon4)ccc3C)c2c1C. The number of aromatic nitrogens is 4. The highest BCUT2D eigenvalue weighted by Gasteiger charge is 2.29. The predicted molar refractivity (Wildman–Crippen MR) is 178 cm³/mol. The molecular weight excluding hydrogens is 689 g/mol. The fourth-order valence-corrected chi connectivity index (χ4v) is 5.25. The molecule has 0 unspecified atom stereocenters. The molecule has 3 heterocycles. The first-order valence-corrected chi connectivity index (χ1v) is 16.8. The highest BCUT2D eigenvalue weighted by molar-refractivity contribution is 7.46. The van der Waals surface area contributed by atoms with E-state index < -0.39 is 32.6 Å². The number of esters is 1. The molecule has 0 aliphatic heterocycles. The van der Waals surface area contributed by atoms with Crippen molar-refractivity contribution in [3.8, 4) is 5.75 Å². The van der Waals surface area contributed by atoms with Crippen LogP contribution in [0.15, 0.2) is 71.8 Å². The van der Waals surface area contributed by atoms with Crippen LogP contribution >= 0.6 is 7.82 Å². The van der Waals surface area contributed by atoms with Gasteiger partial charge in [-0.3, -0.25) is 24.2 Å². The number of phosphoric ester groups is 1. The monoisotopic (exact) mass is 721 g/mol. The Kier molecular flexibility index (Phi) is 11.1. The van der Waals surface area contributed by atoms with Crippen molar-refractivity contribution in [2.75, 3.05) is 23.6 Å². The highest BCUT2D eigenvalue weighted by Crippen LogP contribution is 2.37. The number of anilines is 3. The number of hydrogen-bond donors (Lipinski definition) is 4. The number of amides is 3. The summed E-state index contributed by atoms with van der Waals surface area (Å²) in [5, 5.41) is 13.3. The molecule has 0 saturated heterocycles. The summed E-state index contributed by atoms with van der Waals surface area (Å²) < 4.78 is 32.2. The van der Waals surface area contributed by atoms with Gasteiger partial charge in [0.15, 0.2) is 11.6 Å². The third kappa shape index (κ3) is 8.93. The summed E-state index contributed by atoms with van der Waals surface area (Å²) in [7, 11) is -4.75. The molecule has 0 bridgehead atoms. The average molecular weight is 722 g/mol. The molecule has 5 rings (SSSR count). The molecule has 266 valence electrons. The first kappa shape index (κ1) is 36.2. The largest absolute Gasteiger partial charge is 0.524 e. The van der Waals surface area contributed by atoms with E-state index in [2.05, 4.69) is 30.4 Å². The maximum absolute atomic E-state index is 13.9. The number of phosphoric acid groups is 1. The fourth-order valence-electron chi connectivity index (χ4n) is 4.86. The van der Waals surface area contributed by atoms with Gasteiger partial charge in [-0.15, -0.1) is 0 Å². The second kappa shape index (κ2) is 15.6. The standard InChI is InChI=1S/C32H32N7O11P/c1-4-12-33-31(42)24-16-38-28(20(24)3)29(34-17-35-38)39(25-15-22(8-5-19(25)2)30(41)36-26-11-13-49-37-26)32(43)48-18-47-27(40)14-21-6-9-23(10-7-21)50-51(44,45)46/h5-11,13,15-17H,4,12,14,18H2,1-3H3,(H,33,42)(H,36,37,41)(H2,44,45,46). The number of nitrogens with one attached hydrogen (secondary N) is 2. The summed E-state index contributed by atoms with van der Waals surface area (Å²) in [6, 6.07) is 11.4. The van der Waals surface area contributed by atoms with Gasteiger partial charge in [-0.1, -0.05) is 30.3 Å². The quantitative estimate of drug-likeness (QED) is 0.0757. The smallest absolute Gasteiger partial charge is 0.428 e. The summed E-state index contributed by atoms with van der Waals surface area (Å²) >= 11 is 0. The molecule has 0 saturated carbocycles. The summed E-state index contributed by atoms with van der Waals surface area (Å²) in [5.74, 6) is -1.62. The van der Waals surface area contributed by atoms with E-state index in [1.807, 2.05) is 6.92 Å². The summed E-state index contributed by atoms with van der Waals surface area (Å²) in [5.41, 5.74) is 2.30. The maximum atomic E-state index is 13.9. The van der Waals surface area contributed by atoms with Crippen molar-refractivity contribution in [1.82, 2.24) is 25.1 Å². The van der Waals surface area contributed by atoms with Crippen LogP contribution in [0.5, 0.6) is 5.75 Å². The molecule has 4 N–H and O–H groups in total. The van der Waals surface area contributed by atoms with Crippen LogP contribution in [0.4, 0.5) is 22.1 Å². The molecule has 3 aromatic heterocycles. The van der Waals surface area contributed by atoms with Crippen molar-refractivity contribution in [2.24, 2.45) is 0 Å². The Hall–Kier alpha value is -6.10. The van der Waals surface area contributed by atoms with Gasteiger partial charge in [0.05, 0.1) is 17.7 Å². The molecule has 0 aliphatic carbocycles. The van der Waals surface area contributed by atoms with Crippen LogP contribution in [0.1, 0.15) is 50.8 Å². The van der Waals surface area contributed by atoms with E-state index >= 15 is 0 Å². The number of fused-ring (bicyclic) bond motifs is 1. The lowest BCUT2D eigenvalue weighted by atomic mass is 10.1. The van der Waals surface area contributed by atoms with Gasteiger partial charge in [-0.25, -0.2) is 23.8 Å². The van der Waals surface area contributed by atoms with Gasteiger partial charge in [0.25, 0.3) is 11.8 Å². The van der Waals surface area contributed by atoms with E-state index in [1.54, 1.807) is 26.0 Å². The van der Waals surface area contributed by atoms with Crippen LogP contribution in [0.2, 0.25) is 0 Å². The molecule has 5 aromatic rings. The van der Waals surface area contributed by atoms with E-state index in [9.17, 15) is 23.7 Å². The Morgan fingerprint density at radius 1 is 1.02 bits per heavy atom. The van der Waals surface area contributed by atoms with Gasteiger partial charge in [-0.05, 0) is 61.2 Å². The lowest BCUT2D eigenvalue weighted by molar-refractivity contribution is -0.150. The van der Waals surface area contributed by atoms with Gasteiger partial charge in [0, 0.05) is 24.4 Å². The molecule has 0 radical (unpaired) electrons.